The van der Waals surface area contributed by atoms with Crippen LogP contribution in [0, 0.1) is 11.6 Å². The molecule has 24 heavy (non-hydrogen) atoms. The first-order chi connectivity index (χ1) is 11.6. The van der Waals surface area contributed by atoms with Crippen molar-refractivity contribution in [2.75, 3.05) is 5.32 Å². The highest BCUT2D eigenvalue weighted by Gasteiger charge is 2.17. The fourth-order valence-electron chi connectivity index (χ4n) is 3.11. The van der Waals surface area contributed by atoms with Crippen molar-refractivity contribution >= 4 is 17.2 Å². The Labute approximate surface area is 140 Å². The number of carbonyl (C=O) groups excluding carboxylic acids is 1. The van der Waals surface area contributed by atoms with E-state index < -0.39 is 23.1 Å². The molecule has 124 valence electrons. The molecule has 1 aliphatic carbocycles. The second-order valence-electron chi connectivity index (χ2n) is 6.09. The van der Waals surface area contributed by atoms with Gasteiger partial charge < -0.3 is 5.32 Å². The normalized spacial score (nSPS) is 14.6. The van der Waals surface area contributed by atoms with Gasteiger partial charge in [-0.05, 0) is 68.0 Å². The molecule has 0 aliphatic heterocycles. The summed E-state index contributed by atoms with van der Waals surface area (Å²) in [5.41, 5.74) is 3.86. The second kappa shape index (κ2) is 6.95. The SMILES string of the molecule is CC1=C(c2ccc(NC(=O)c3c(F)cccc3F)cc2)CCCC1. The van der Waals surface area contributed by atoms with Crippen LogP contribution in [0.4, 0.5) is 14.5 Å². The minimum absolute atomic E-state index is 0.514. The van der Waals surface area contributed by atoms with Gasteiger partial charge >= 0.3 is 0 Å². The summed E-state index contributed by atoms with van der Waals surface area (Å²) in [6, 6.07) is 10.8. The number of allylic oxidation sites excluding steroid dienone is 2. The number of hydrogen-bond acceptors (Lipinski definition) is 1. The van der Waals surface area contributed by atoms with Crippen LogP contribution in [0.15, 0.2) is 48.0 Å². The predicted molar refractivity (Wildman–Crippen MR) is 91.8 cm³/mol. The molecule has 2 nitrogen and oxygen atoms in total. The highest BCUT2D eigenvalue weighted by Crippen LogP contribution is 2.32. The lowest BCUT2D eigenvalue weighted by atomic mass is 9.88. The number of rotatable bonds is 3. The Morgan fingerprint density at radius 3 is 2.21 bits per heavy atom. The average molecular weight is 327 g/mol. The topological polar surface area (TPSA) is 29.1 Å². The van der Waals surface area contributed by atoms with Crippen LogP contribution < -0.4 is 5.32 Å². The molecule has 0 radical (unpaired) electrons. The van der Waals surface area contributed by atoms with Crippen LogP contribution in [-0.4, -0.2) is 5.91 Å². The van der Waals surface area contributed by atoms with Gasteiger partial charge in [-0.1, -0.05) is 23.8 Å². The summed E-state index contributed by atoms with van der Waals surface area (Å²) in [7, 11) is 0. The molecular weight excluding hydrogens is 308 g/mol. The third-order valence-electron chi connectivity index (χ3n) is 4.42. The number of halogens is 2. The fourth-order valence-corrected chi connectivity index (χ4v) is 3.11. The molecule has 0 aromatic heterocycles. The smallest absolute Gasteiger partial charge is 0.261 e. The van der Waals surface area contributed by atoms with Crippen molar-refractivity contribution < 1.29 is 13.6 Å². The van der Waals surface area contributed by atoms with Gasteiger partial charge in [0.25, 0.3) is 5.91 Å². The van der Waals surface area contributed by atoms with E-state index in [1.807, 2.05) is 12.1 Å². The number of hydrogen-bond donors (Lipinski definition) is 1. The zero-order valence-electron chi connectivity index (χ0n) is 13.5. The molecule has 4 heteroatoms. The summed E-state index contributed by atoms with van der Waals surface area (Å²) in [6.07, 6.45) is 4.62. The first-order valence-corrected chi connectivity index (χ1v) is 8.10. The van der Waals surface area contributed by atoms with Crippen LogP contribution in [0.3, 0.4) is 0 Å². The van der Waals surface area contributed by atoms with Gasteiger partial charge in [-0.2, -0.15) is 0 Å². The molecule has 0 heterocycles. The first-order valence-electron chi connectivity index (χ1n) is 8.10. The minimum atomic E-state index is -0.868. The quantitative estimate of drug-likeness (QED) is 0.785. The van der Waals surface area contributed by atoms with Crippen LogP contribution in [0.5, 0.6) is 0 Å². The summed E-state index contributed by atoms with van der Waals surface area (Å²) < 4.78 is 27.3. The van der Waals surface area contributed by atoms with Crippen LogP contribution in [-0.2, 0) is 0 Å². The zero-order valence-corrected chi connectivity index (χ0v) is 13.5. The lowest BCUT2D eigenvalue weighted by molar-refractivity contribution is 0.101. The van der Waals surface area contributed by atoms with Crippen molar-refractivity contribution in [2.45, 2.75) is 32.6 Å². The molecule has 1 N–H and O–H groups in total. The van der Waals surface area contributed by atoms with Gasteiger partial charge in [0.15, 0.2) is 0 Å². The highest BCUT2D eigenvalue weighted by molar-refractivity contribution is 6.04. The molecular formula is C20H19F2NO. The number of carbonyl (C=O) groups is 1. The lowest BCUT2D eigenvalue weighted by Crippen LogP contribution is -2.15. The van der Waals surface area contributed by atoms with Crippen molar-refractivity contribution in [2.24, 2.45) is 0 Å². The number of benzene rings is 2. The standard InChI is InChI=1S/C20H19F2NO/c1-13-5-2-3-6-16(13)14-9-11-15(12-10-14)23-20(24)19-17(21)7-4-8-18(19)22/h4,7-12H,2-3,5-6H2,1H3,(H,23,24). The summed E-state index contributed by atoms with van der Waals surface area (Å²) in [6.45, 7) is 2.16. The summed E-state index contributed by atoms with van der Waals surface area (Å²) in [5, 5.41) is 2.55. The molecule has 0 spiro atoms. The van der Waals surface area contributed by atoms with Gasteiger partial charge in [0.2, 0.25) is 0 Å². The predicted octanol–water partition coefficient (Wildman–Crippen LogP) is 5.56. The Balaban J connectivity index is 1.78. The van der Waals surface area contributed by atoms with Crippen molar-refractivity contribution in [3.63, 3.8) is 0 Å². The van der Waals surface area contributed by atoms with E-state index in [4.69, 9.17) is 0 Å². The van der Waals surface area contributed by atoms with E-state index in [0.717, 1.165) is 30.5 Å². The van der Waals surface area contributed by atoms with E-state index in [0.29, 0.717) is 5.69 Å². The average Bonchev–Trinajstić information content (AvgIpc) is 2.56. The maximum absolute atomic E-state index is 13.6. The van der Waals surface area contributed by atoms with Gasteiger partial charge in [-0.25, -0.2) is 8.78 Å². The van der Waals surface area contributed by atoms with E-state index in [1.165, 1.54) is 30.1 Å². The largest absolute Gasteiger partial charge is 0.322 e. The van der Waals surface area contributed by atoms with Gasteiger partial charge in [-0.15, -0.1) is 0 Å². The Morgan fingerprint density at radius 2 is 1.58 bits per heavy atom. The first kappa shape index (κ1) is 16.4. The molecule has 0 fully saturated rings. The van der Waals surface area contributed by atoms with Crippen molar-refractivity contribution in [1.82, 2.24) is 0 Å². The van der Waals surface area contributed by atoms with Crippen LogP contribution in [0.25, 0.3) is 5.57 Å². The van der Waals surface area contributed by atoms with Crippen molar-refractivity contribution in [3.05, 3.63) is 70.8 Å². The molecule has 0 atom stereocenters. The van der Waals surface area contributed by atoms with Gasteiger partial charge in [0.1, 0.15) is 17.2 Å². The molecule has 0 saturated carbocycles. The molecule has 2 aromatic carbocycles. The Hall–Kier alpha value is -2.49. The van der Waals surface area contributed by atoms with E-state index in [9.17, 15) is 13.6 Å². The monoisotopic (exact) mass is 327 g/mol. The van der Waals surface area contributed by atoms with Crippen molar-refractivity contribution in [1.29, 1.82) is 0 Å². The van der Waals surface area contributed by atoms with Crippen molar-refractivity contribution in [3.8, 4) is 0 Å². The van der Waals surface area contributed by atoms with Crippen LogP contribution in [0.1, 0.15) is 48.5 Å². The molecule has 1 amide bonds. The van der Waals surface area contributed by atoms with Gasteiger partial charge in [0.05, 0.1) is 0 Å². The number of nitrogens with one attached hydrogen (secondary N) is 1. The van der Waals surface area contributed by atoms with Crippen LogP contribution >= 0.6 is 0 Å². The third-order valence-corrected chi connectivity index (χ3v) is 4.42. The Kier molecular flexibility index (Phi) is 4.74. The molecule has 2 aromatic rings. The lowest BCUT2D eigenvalue weighted by Gasteiger charge is -2.18. The molecule has 3 rings (SSSR count). The Bertz CT molecular complexity index is 774. The minimum Gasteiger partial charge on any atom is -0.322 e. The third kappa shape index (κ3) is 3.37. The number of amides is 1. The molecule has 0 unspecified atom stereocenters. The highest BCUT2D eigenvalue weighted by atomic mass is 19.1. The maximum atomic E-state index is 13.6. The summed E-state index contributed by atoms with van der Waals surface area (Å²) in [4.78, 5) is 12.1. The second-order valence-corrected chi connectivity index (χ2v) is 6.09. The molecule has 0 saturated heterocycles. The molecule has 1 aliphatic rings. The maximum Gasteiger partial charge on any atom is 0.261 e. The van der Waals surface area contributed by atoms with E-state index in [-0.39, 0.29) is 0 Å². The fraction of sp³-hybridized carbons (Fsp3) is 0.250. The van der Waals surface area contributed by atoms with Gasteiger partial charge in [0, 0.05) is 5.69 Å². The summed E-state index contributed by atoms with van der Waals surface area (Å²) >= 11 is 0. The van der Waals surface area contributed by atoms with E-state index >= 15 is 0 Å². The zero-order chi connectivity index (χ0) is 17.1. The van der Waals surface area contributed by atoms with E-state index in [2.05, 4.69) is 12.2 Å². The van der Waals surface area contributed by atoms with Gasteiger partial charge in [-0.3, -0.25) is 4.79 Å². The van der Waals surface area contributed by atoms with E-state index in [1.54, 1.807) is 12.1 Å². The number of anilines is 1. The Morgan fingerprint density at radius 1 is 0.958 bits per heavy atom. The summed E-state index contributed by atoms with van der Waals surface area (Å²) in [5.74, 6) is -2.52. The van der Waals surface area contributed by atoms with Crippen LogP contribution in [0.2, 0.25) is 0 Å². The molecule has 0 bridgehead atoms.